The predicted molar refractivity (Wildman–Crippen MR) is 88.3 cm³/mol. The second-order valence-electron chi connectivity index (χ2n) is 5.51. The number of likely N-dealkylation sites (N-methyl/N-ethyl adjacent to an activating group) is 1. The molecular formula is C17H16BrClFN. The molecule has 1 fully saturated rings. The van der Waals surface area contributed by atoms with Crippen LogP contribution < -0.4 is 5.32 Å². The molecule has 0 spiro atoms. The van der Waals surface area contributed by atoms with E-state index in [1.54, 1.807) is 0 Å². The third-order valence-corrected chi connectivity index (χ3v) is 5.61. The van der Waals surface area contributed by atoms with Crippen LogP contribution in [-0.2, 0) is 5.41 Å². The summed E-state index contributed by atoms with van der Waals surface area (Å²) in [7, 11) is 1.88. The fourth-order valence-electron chi connectivity index (χ4n) is 3.14. The van der Waals surface area contributed by atoms with Gasteiger partial charge < -0.3 is 5.32 Å². The third kappa shape index (κ3) is 2.52. The third-order valence-electron chi connectivity index (χ3n) is 4.35. The van der Waals surface area contributed by atoms with E-state index >= 15 is 0 Å². The van der Waals surface area contributed by atoms with Gasteiger partial charge in [-0.1, -0.05) is 48.0 Å². The maximum Gasteiger partial charge on any atom is 0.147 e. The minimum Gasteiger partial charge on any atom is -0.312 e. The maximum absolute atomic E-state index is 14.6. The number of nitrogens with one attached hydrogen (secondary N) is 1. The molecule has 2 aromatic rings. The fraction of sp³-hybridized carbons (Fsp3) is 0.294. The lowest BCUT2D eigenvalue weighted by atomic mass is 9.83. The van der Waals surface area contributed by atoms with Crippen molar-refractivity contribution in [1.29, 1.82) is 0 Å². The second kappa shape index (κ2) is 5.71. The first kappa shape index (κ1) is 15.0. The zero-order chi connectivity index (χ0) is 15.0. The van der Waals surface area contributed by atoms with Crippen LogP contribution in [0.4, 0.5) is 4.39 Å². The molecular weight excluding hydrogens is 353 g/mol. The highest BCUT2D eigenvalue weighted by molar-refractivity contribution is 9.10. The maximum atomic E-state index is 14.6. The summed E-state index contributed by atoms with van der Waals surface area (Å²) in [5.41, 5.74) is 1.85. The summed E-state index contributed by atoms with van der Waals surface area (Å²) in [6.07, 6.45) is 2.10. The van der Waals surface area contributed by atoms with Gasteiger partial charge in [-0.2, -0.15) is 0 Å². The smallest absolute Gasteiger partial charge is 0.147 e. The van der Waals surface area contributed by atoms with Crippen molar-refractivity contribution in [3.05, 3.63) is 68.9 Å². The van der Waals surface area contributed by atoms with Crippen molar-refractivity contribution in [3.8, 4) is 0 Å². The molecule has 1 nitrogen and oxygen atoms in total. The van der Waals surface area contributed by atoms with Crippen LogP contribution in [0, 0.1) is 5.82 Å². The van der Waals surface area contributed by atoms with Gasteiger partial charge in [0.15, 0.2) is 0 Å². The molecule has 0 saturated heterocycles. The van der Waals surface area contributed by atoms with Crippen molar-refractivity contribution in [2.24, 2.45) is 0 Å². The van der Waals surface area contributed by atoms with Crippen LogP contribution in [0.5, 0.6) is 0 Å². The molecule has 0 bridgehead atoms. The largest absolute Gasteiger partial charge is 0.312 e. The minimum absolute atomic E-state index is 0.0337. The van der Waals surface area contributed by atoms with Crippen molar-refractivity contribution < 1.29 is 4.39 Å². The number of hydrogen-bond acceptors (Lipinski definition) is 1. The molecule has 1 N–H and O–H groups in total. The Bertz CT molecular complexity index is 655. The quantitative estimate of drug-likeness (QED) is 0.728. The Morgan fingerprint density at radius 2 is 1.86 bits per heavy atom. The normalized spacial score (nSPS) is 17.5. The van der Waals surface area contributed by atoms with E-state index in [-0.39, 0.29) is 22.3 Å². The Labute approximate surface area is 137 Å². The van der Waals surface area contributed by atoms with Crippen LogP contribution in [0.1, 0.15) is 30.0 Å². The molecule has 110 valence electrons. The van der Waals surface area contributed by atoms with Gasteiger partial charge in [-0.25, -0.2) is 4.39 Å². The van der Waals surface area contributed by atoms with Crippen molar-refractivity contribution in [3.63, 3.8) is 0 Å². The summed E-state index contributed by atoms with van der Waals surface area (Å²) >= 11 is 9.32. The topological polar surface area (TPSA) is 12.0 Å². The average molecular weight is 369 g/mol. The van der Waals surface area contributed by atoms with E-state index in [4.69, 9.17) is 11.6 Å². The van der Waals surface area contributed by atoms with Crippen LogP contribution in [-0.4, -0.2) is 7.05 Å². The Morgan fingerprint density at radius 3 is 2.43 bits per heavy atom. The first-order valence-corrected chi connectivity index (χ1v) is 8.13. The van der Waals surface area contributed by atoms with Gasteiger partial charge >= 0.3 is 0 Å². The summed E-state index contributed by atoms with van der Waals surface area (Å²) in [6, 6.07) is 13.9. The van der Waals surface area contributed by atoms with Gasteiger partial charge in [0.05, 0.1) is 5.02 Å². The summed E-state index contributed by atoms with van der Waals surface area (Å²) in [5, 5.41) is 3.44. The Morgan fingerprint density at radius 1 is 1.19 bits per heavy atom. The summed E-state index contributed by atoms with van der Waals surface area (Å²) in [6.45, 7) is 0. The minimum atomic E-state index is -0.340. The molecule has 3 rings (SSSR count). The predicted octanol–water partition coefficient (Wildman–Crippen LogP) is 5.23. The summed E-state index contributed by atoms with van der Waals surface area (Å²) < 4.78 is 15.2. The lowest BCUT2D eigenvalue weighted by Crippen LogP contribution is -2.30. The molecule has 1 saturated carbocycles. The van der Waals surface area contributed by atoms with E-state index in [0.717, 1.165) is 12.8 Å². The van der Waals surface area contributed by atoms with Gasteiger partial charge in [0.25, 0.3) is 0 Å². The molecule has 0 aromatic heterocycles. The lowest BCUT2D eigenvalue weighted by molar-refractivity contribution is 0.441. The van der Waals surface area contributed by atoms with Crippen LogP contribution in [0.2, 0.25) is 5.02 Å². The summed E-state index contributed by atoms with van der Waals surface area (Å²) in [5.74, 6) is -0.340. The van der Waals surface area contributed by atoms with Gasteiger partial charge in [0.1, 0.15) is 5.82 Å². The standard InChI is InChI=1S/C17H16BrClFN/c1-21-16(12-7-8-13(18)14(19)15(12)20)17(9-10-17)11-5-3-2-4-6-11/h2-8,16,21H,9-10H2,1H3. The molecule has 1 atom stereocenters. The molecule has 0 aliphatic heterocycles. The van der Waals surface area contributed by atoms with E-state index in [2.05, 4.69) is 33.4 Å². The lowest BCUT2D eigenvalue weighted by Gasteiger charge is -2.28. The zero-order valence-corrected chi connectivity index (χ0v) is 14.0. The molecule has 0 amide bonds. The zero-order valence-electron chi connectivity index (χ0n) is 11.7. The van der Waals surface area contributed by atoms with E-state index in [9.17, 15) is 4.39 Å². The van der Waals surface area contributed by atoms with E-state index in [0.29, 0.717) is 10.0 Å². The molecule has 4 heteroatoms. The molecule has 1 aliphatic carbocycles. The number of rotatable bonds is 4. The SMILES string of the molecule is CNC(c1ccc(Br)c(Cl)c1F)C1(c2ccccc2)CC1. The van der Waals surface area contributed by atoms with Gasteiger partial charge in [0.2, 0.25) is 0 Å². The number of halogens is 3. The van der Waals surface area contributed by atoms with Crippen molar-refractivity contribution in [1.82, 2.24) is 5.32 Å². The first-order valence-electron chi connectivity index (χ1n) is 6.96. The average Bonchev–Trinajstić information content (AvgIpc) is 3.30. The first-order chi connectivity index (χ1) is 10.1. The number of benzene rings is 2. The van der Waals surface area contributed by atoms with Gasteiger partial charge in [-0.15, -0.1) is 0 Å². The van der Waals surface area contributed by atoms with Crippen LogP contribution in [0.25, 0.3) is 0 Å². The van der Waals surface area contributed by atoms with Crippen molar-refractivity contribution >= 4 is 27.5 Å². The van der Waals surface area contributed by atoms with Crippen LogP contribution >= 0.6 is 27.5 Å². The Hall–Kier alpha value is -0.900. The highest BCUT2D eigenvalue weighted by Crippen LogP contribution is 2.57. The van der Waals surface area contributed by atoms with E-state index in [1.807, 2.05) is 37.4 Å². The van der Waals surface area contributed by atoms with E-state index in [1.165, 1.54) is 5.56 Å². The van der Waals surface area contributed by atoms with Crippen LogP contribution in [0.3, 0.4) is 0 Å². The van der Waals surface area contributed by atoms with Crippen molar-refractivity contribution in [2.75, 3.05) is 7.05 Å². The van der Waals surface area contributed by atoms with Gasteiger partial charge in [0, 0.05) is 21.5 Å². The highest BCUT2D eigenvalue weighted by atomic mass is 79.9. The van der Waals surface area contributed by atoms with Gasteiger partial charge in [-0.05, 0) is 47.4 Å². The highest BCUT2D eigenvalue weighted by Gasteiger charge is 2.51. The molecule has 0 heterocycles. The molecule has 2 aromatic carbocycles. The number of hydrogen-bond donors (Lipinski definition) is 1. The van der Waals surface area contributed by atoms with E-state index < -0.39 is 0 Å². The second-order valence-corrected chi connectivity index (χ2v) is 6.74. The fourth-order valence-corrected chi connectivity index (χ4v) is 3.62. The summed E-state index contributed by atoms with van der Waals surface area (Å²) in [4.78, 5) is 0. The van der Waals surface area contributed by atoms with Gasteiger partial charge in [-0.3, -0.25) is 0 Å². The Balaban J connectivity index is 2.06. The monoisotopic (exact) mass is 367 g/mol. The van der Waals surface area contributed by atoms with Crippen LogP contribution in [0.15, 0.2) is 46.9 Å². The molecule has 0 radical (unpaired) electrons. The molecule has 21 heavy (non-hydrogen) atoms. The molecule has 1 aliphatic rings. The Kier molecular flexibility index (Phi) is 4.08. The van der Waals surface area contributed by atoms with Crippen molar-refractivity contribution in [2.45, 2.75) is 24.3 Å². The molecule has 1 unspecified atom stereocenters.